The topological polar surface area (TPSA) is 43.8 Å². The molecule has 1 saturated heterocycles. The largest absolute Gasteiger partial charge is 0.395 e. The number of amides is 1. The maximum atomic E-state index is 12.3. The van der Waals surface area contributed by atoms with Crippen molar-refractivity contribution < 1.29 is 9.90 Å². The molecule has 0 aromatic heterocycles. The Morgan fingerprint density at radius 3 is 2.60 bits per heavy atom. The third-order valence-corrected chi connectivity index (χ3v) is 3.83. The molecule has 1 N–H and O–H groups in total. The van der Waals surface area contributed by atoms with Gasteiger partial charge >= 0.3 is 0 Å². The zero-order valence-corrected chi connectivity index (χ0v) is 12.2. The molecule has 1 aliphatic rings. The Balaban J connectivity index is 1.87. The summed E-state index contributed by atoms with van der Waals surface area (Å²) in [6, 6.07) is 8.16. The first-order chi connectivity index (χ1) is 9.69. The Morgan fingerprint density at radius 1 is 1.15 bits per heavy atom. The van der Waals surface area contributed by atoms with Gasteiger partial charge in [-0.1, -0.05) is 29.8 Å². The Bertz CT molecular complexity index is 431. The molecule has 0 radical (unpaired) electrons. The van der Waals surface area contributed by atoms with Gasteiger partial charge in [0, 0.05) is 26.2 Å². The van der Waals surface area contributed by atoms with Gasteiger partial charge in [-0.05, 0) is 25.5 Å². The number of aliphatic hydroxyl groups is 1. The summed E-state index contributed by atoms with van der Waals surface area (Å²) in [5.41, 5.74) is 2.30. The van der Waals surface area contributed by atoms with Crippen molar-refractivity contribution in [2.75, 3.05) is 39.3 Å². The predicted octanol–water partition coefficient (Wildman–Crippen LogP) is 1.06. The minimum absolute atomic E-state index is 0.192. The van der Waals surface area contributed by atoms with E-state index >= 15 is 0 Å². The van der Waals surface area contributed by atoms with E-state index in [1.807, 2.05) is 29.2 Å². The van der Waals surface area contributed by atoms with Crippen LogP contribution in [0, 0.1) is 6.92 Å². The van der Waals surface area contributed by atoms with Gasteiger partial charge in [-0.15, -0.1) is 0 Å². The lowest BCUT2D eigenvalue weighted by atomic mass is 10.1. The molecule has 1 heterocycles. The van der Waals surface area contributed by atoms with Gasteiger partial charge in [-0.25, -0.2) is 0 Å². The highest BCUT2D eigenvalue weighted by atomic mass is 16.3. The number of β-amino-alcohol motifs (C(OH)–C–C–N with tert-alkyl or cyclic N) is 1. The lowest BCUT2D eigenvalue weighted by Crippen LogP contribution is -2.36. The average molecular weight is 276 g/mol. The first-order valence-electron chi connectivity index (χ1n) is 7.35. The van der Waals surface area contributed by atoms with Crippen molar-refractivity contribution in [1.82, 2.24) is 9.80 Å². The maximum absolute atomic E-state index is 12.3. The normalized spacial score (nSPS) is 17.0. The van der Waals surface area contributed by atoms with E-state index in [0.717, 1.165) is 38.2 Å². The van der Waals surface area contributed by atoms with Crippen LogP contribution in [-0.4, -0.2) is 60.1 Å². The number of nitrogens with zero attached hydrogens (tertiary/aromatic N) is 2. The average Bonchev–Trinajstić information content (AvgIpc) is 2.67. The van der Waals surface area contributed by atoms with Crippen molar-refractivity contribution in [3.05, 3.63) is 35.4 Å². The van der Waals surface area contributed by atoms with Crippen LogP contribution in [0.5, 0.6) is 0 Å². The summed E-state index contributed by atoms with van der Waals surface area (Å²) in [5, 5.41) is 8.98. The van der Waals surface area contributed by atoms with Crippen molar-refractivity contribution in [3.63, 3.8) is 0 Å². The molecular formula is C16H24N2O2. The van der Waals surface area contributed by atoms with E-state index in [-0.39, 0.29) is 12.5 Å². The third kappa shape index (κ3) is 4.32. The minimum Gasteiger partial charge on any atom is -0.395 e. The van der Waals surface area contributed by atoms with Crippen LogP contribution in [0.3, 0.4) is 0 Å². The summed E-state index contributed by atoms with van der Waals surface area (Å²) in [6.45, 7) is 6.37. The molecule has 0 unspecified atom stereocenters. The zero-order valence-electron chi connectivity index (χ0n) is 12.2. The van der Waals surface area contributed by atoms with Crippen LogP contribution in [0.15, 0.2) is 24.3 Å². The summed E-state index contributed by atoms with van der Waals surface area (Å²) in [7, 11) is 0. The number of hydrogen-bond acceptors (Lipinski definition) is 3. The predicted molar refractivity (Wildman–Crippen MR) is 79.6 cm³/mol. The fraction of sp³-hybridized carbons (Fsp3) is 0.562. The molecule has 1 amide bonds. The van der Waals surface area contributed by atoms with Crippen LogP contribution in [-0.2, 0) is 11.2 Å². The molecule has 110 valence electrons. The van der Waals surface area contributed by atoms with Crippen molar-refractivity contribution in [1.29, 1.82) is 0 Å². The second kappa shape index (κ2) is 7.41. The molecule has 20 heavy (non-hydrogen) atoms. The SMILES string of the molecule is Cc1ccc(CC(=O)N2CCCN(CCO)CC2)cc1. The number of carbonyl (C=O) groups excluding carboxylic acids is 1. The number of aryl methyl sites for hydroxylation is 1. The van der Waals surface area contributed by atoms with Gasteiger partial charge in [-0.3, -0.25) is 9.69 Å². The number of aliphatic hydroxyl groups excluding tert-OH is 1. The van der Waals surface area contributed by atoms with Gasteiger partial charge in [0.05, 0.1) is 13.0 Å². The lowest BCUT2D eigenvalue weighted by Gasteiger charge is -2.21. The number of rotatable bonds is 4. The molecule has 1 aromatic carbocycles. The fourth-order valence-corrected chi connectivity index (χ4v) is 2.58. The van der Waals surface area contributed by atoms with Gasteiger partial charge in [0.1, 0.15) is 0 Å². The molecule has 1 aromatic rings. The van der Waals surface area contributed by atoms with Crippen molar-refractivity contribution in [2.45, 2.75) is 19.8 Å². The Labute approximate surface area is 121 Å². The summed E-state index contributed by atoms with van der Waals surface area (Å²) in [6.07, 6.45) is 1.47. The van der Waals surface area contributed by atoms with E-state index in [1.165, 1.54) is 5.56 Å². The molecule has 2 rings (SSSR count). The van der Waals surface area contributed by atoms with E-state index in [0.29, 0.717) is 13.0 Å². The van der Waals surface area contributed by atoms with Crippen LogP contribution in [0.2, 0.25) is 0 Å². The van der Waals surface area contributed by atoms with Crippen molar-refractivity contribution in [2.24, 2.45) is 0 Å². The van der Waals surface area contributed by atoms with Crippen LogP contribution in [0.1, 0.15) is 17.5 Å². The Kier molecular flexibility index (Phi) is 5.56. The molecule has 1 fully saturated rings. The van der Waals surface area contributed by atoms with Crippen LogP contribution in [0.4, 0.5) is 0 Å². The van der Waals surface area contributed by atoms with Gasteiger partial charge in [0.2, 0.25) is 5.91 Å². The van der Waals surface area contributed by atoms with E-state index in [2.05, 4.69) is 11.8 Å². The molecule has 0 saturated carbocycles. The number of carbonyl (C=O) groups is 1. The monoisotopic (exact) mass is 276 g/mol. The second-order valence-electron chi connectivity index (χ2n) is 5.46. The first kappa shape index (κ1) is 15.0. The Morgan fingerprint density at radius 2 is 1.90 bits per heavy atom. The number of benzene rings is 1. The number of hydrogen-bond donors (Lipinski definition) is 1. The van der Waals surface area contributed by atoms with E-state index in [1.54, 1.807) is 0 Å². The van der Waals surface area contributed by atoms with Gasteiger partial charge in [-0.2, -0.15) is 0 Å². The quantitative estimate of drug-likeness (QED) is 0.894. The molecule has 4 heteroatoms. The molecular weight excluding hydrogens is 252 g/mol. The summed E-state index contributed by atoms with van der Waals surface area (Å²) < 4.78 is 0. The molecule has 0 spiro atoms. The van der Waals surface area contributed by atoms with Crippen LogP contribution >= 0.6 is 0 Å². The zero-order chi connectivity index (χ0) is 14.4. The van der Waals surface area contributed by atoms with E-state index < -0.39 is 0 Å². The highest BCUT2D eigenvalue weighted by Crippen LogP contribution is 2.08. The molecule has 0 atom stereocenters. The first-order valence-corrected chi connectivity index (χ1v) is 7.35. The fourth-order valence-electron chi connectivity index (χ4n) is 2.58. The van der Waals surface area contributed by atoms with Crippen LogP contribution < -0.4 is 0 Å². The smallest absolute Gasteiger partial charge is 0.227 e. The maximum Gasteiger partial charge on any atom is 0.227 e. The van der Waals surface area contributed by atoms with E-state index in [9.17, 15) is 4.79 Å². The van der Waals surface area contributed by atoms with Gasteiger partial charge in [0.15, 0.2) is 0 Å². The van der Waals surface area contributed by atoms with Gasteiger partial charge < -0.3 is 10.0 Å². The summed E-state index contributed by atoms with van der Waals surface area (Å²) in [4.78, 5) is 16.5. The second-order valence-corrected chi connectivity index (χ2v) is 5.46. The standard InChI is InChI=1S/C16H24N2O2/c1-14-3-5-15(6-4-14)13-16(20)18-8-2-7-17(9-10-18)11-12-19/h3-6,19H,2,7-13H2,1H3. The van der Waals surface area contributed by atoms with Crippen molar-refractivity contribution >= 4 is 5.91 Å². The van der Waals surface area contributed by atoms with E-state index in [4.69, 9.17) is 5.11 Å². The van der Waals surface area contributed by atoms with Gasteiger partial charge in [0.25, 0.3) is 0 Å². The minimum atomic E-state index is 0.192. The van der Waals surface area contributed by atoms with Crippen molar-refractivity contribution in [3.8, 4) is 0 Å². The summed E-state index contributed by atoms with van der Waals surface area (Å²) >= 11 is 0. The third-order valence-electron chi connectivity index (χ3n) is 3.83. The highest BCUT2D eigenvalue weighted by molar-refractivity contribution is 5.78. The highest BCUT2D eigenvalue weighted by Gasteiger charge is 2.18. The lowest BCUT2D eigenvalue weighted by molar-refractivity contribution is -0.130. The Hall–Kier alpha value is -1.39. The molecule has 0 bridgehead atoms. The molecule has 4 nitrogen and oxygen atoms in total. The van der Waals surface area contributed by atoms with Crippen LogP contribution in [0.25, 0.3) is 0 Å². The molecule has 0 aliphatic carbocycles. The molecule has 1 aliphatic heterocycles. The summed E-state index contributed by atoms with van der Waals surface area (Å²) in [5.74, 6) is 0.208.